The Morgan fingerprint density at radius 3 is 1.72 bits per heavy atom. The number of benzene rings is 1. The summed E-state index contributed by atoms with van der Waals surface area (Å²) >= 11 is 0. The van der Waals surface area contributed by atoms with Gasteiger partial charge in [-0.3, -0.25) is 91.1 Å². The van der Waals surface area contributed by atoms with Gasteiger partial charge in [0.1, 0.15) is 72.6 Å². The highest BCUT2D eigenvalue weighted by Gasteiger charge is 2.41. The first-order valence-electron chi connectivity index (χ1n) is 36.9. The molecule has 2 aromatic rings. The van der Waals surface area contributed by atoms with Crippen molar-refractivity contribution < 1.29 is 121 Å². The van der Waals surface area contributed by atoms with Gasteiger partial charge in [-0.2, -0.15) is 0 Å². The van der Waals surface area contributed by atoms with Crippen molar-refractivity contribution in [3.8, 4) is 0 Å². The number of carbonyl (C=O) groups excluding carboxylic acids is 16. The summed E-state index contributed by atoms with van der Waals surface area (Å²) in [6.45, 7) is 6.75. The molecule has 13 atom stereocenters. The Hall–Kier alpha value is -11.9. The van der Waals surface area contributed by atoms with Crippen molar-refractivity contribution in [3.05, 3.63) is 36.0 Å². The van der Waals surface area contributed by atoms with E-state index in [0.717, 1.165) is 46.6 Å². The minimum Gasteiger partial charge on any atom is -0.481 e. The number of aliphatic carboxylic acids is 4. The second kappa shape index (κ2) is 48.0. The third kappa shape index (κ3) is 34.5. The van der Waals surface area contributed by atoms with Gasteiger partial charge in [0.05, 0.1) is 38.8 Å². The van der Waals surface area contributed by atoms with Crippen molar-refractivity contribution in [2.24, 2.45) is 29.0 Å². The molecule has 3 rings (SSSR count). The smallest absolute Gasteiger partial charge is 0.329 e. The van der Waals surface area contributed by atoms with Crippen LogP contribution in [0.5, 0.6) is 0 Å². The summed E-state index contributed by atoms with van der Waals surface area (Å²) in [5.41, 5.74) is 17.9. The van der Waals surface area contributed by atoms with Crippen LogP contribution in [0.1, 0.15) is 163 Å². The zero-order chi connectivity index (χ0) is 84.9. The van der Waals surface area contributed by atoms with Crippen LogP contribution >= 0.6 is 0 Å². The molecule has 0 saturated carbocycles. The molecule has 1 aliphatic heterocycles. The van der Waals surface area contributed by atoms with E-state index in [4.69, 9.17) is 21.9 Å². The topological polar surface area (TPSA) is 673 Å². The number of unbranched alkanes of at least 4 members (excludes halogenated alkanes) is 4. The highest BCUT2D eigenvalue weighted by Crippen LogP contribution is 2.21. The van der Waals surface area contributed by atoms with Crippen molar-refractivity contribution in [3.63, 3.8) is 0 Å². The van der Waals surface area contributed by atoms with Gasteiger partial charge in [0.25, 0.3) is 0 Å². The predicted molar refractivity (Wildman–Crippen MR) is 396 cm³/mol. The Morgan fingerprint density at radius 2 is 1.12 bits per heavy atom. The summed E-state index contributed by atoms with van der Waals surface area (Å²) < 4.78 is 5.72. The van der Waals surface area contributed by atoms with Crippen molar-refractivity contribution in [1.29, 1.82) is 0 Å². The Bertz CT molecular complexity index is 3760. The summed E-state index contributed by atoms with van der Waals surface area (Å²) in [5, 5.41) is 66.7. The number of hydrogen-bond donors (Lipinski definition) is 20. The van der Waals surface area contributed by atoms with Crippen molar-refractivity contribution >= 4 is 129 Å². The molecule has 42 heteroatoms. The highest BCUT2D eigenvalue weighted by molar-refractivity contribution is 6.02. The van der Waals surface area contributed by atoms with E-state index >= 15 is 0 Å². The van der Waals surface area contributed by atoms with Gasteiger partial charge in [0, 0.05) is 49.8 Å². The second-order valence-corrected chi connectivity index (χ2v) is 27.9. The van der Waals surface area contributed by atoms with Crippen LogP contribution in [-0.4, -0.2) is 248 Å². The average molecular weight is 1600 g/mol. The molecule has 1 fully saturated rings. The molecule has 1 saturated heterocycles. The molecular weight excluding hydrogens is 1490 g/mol. The first kappa shape index (κ1) is 95.3. The number of fused-ring (bicyclic) bond motifs is 1. The number of likely N-dealkylation sites (N-methyl/N-ethyl adjacent to an activating group) is 1. The van der Waals surface area contributed by atoms with Gasteiger partial charge < -0.3 is 116 Å². The summed E-state index contributed by atoms with van der Waals surface area (Å²) in [7, 11) is 0.944. The van der Waals surface area contributed by atoms with Gasteiger partial charge in [0.15, 0.2) is 0 Å². The average Bonchev–Trinajstić information content (AvgIpc) is 1.76. The van der Waals surface area contributed by atoms with Crippen molar-refractivity contribution in [2.75, 3.05) is 26.7 Å². The van der Waals surface area contributed by atoms with E-state index in [9.17, 15) is 116 Å². The molecule has 0 radical (unpaired) electrons. The second-order valence-electron chi connectivity index (χ2n) is 27.9. The normalized spacial score (nSPS) is 21.5. The molecule has 1 aromatic carbocycles. The number of amides is 15. The number of H-pyrrole nitrogens is 1. The number of carboxylic acid groups (broad SMARTS) is 4. The van der Waals surface area contributed by atoms with E-state index in [0.29, 0.717) is 40.1 Å². The third-order valence-corrected chi connectivity index (χ3v) is 18.1. The molecule has 113 heavy (non-hydrogen) atoms. The summed E-state index contributed by atoms with van der Waals surface area (Å²) in [5.74, 6) is -27.2. The molecule has 2 heterocycles. The van der Waals surface area contributed by atoms with Crippen LogP contribution in [0.2, 0.25) is 0 Å². The number of para-hydroxylation sites is 1. The molecule has 626 valence electrons. The number of nitrogens with one attached hydrogen (secondary N) is 13. The summed E-state index contributed by atoms with van der Waals surface area (Å²) in [4.78, 5) is 275. The molecule has 0 aliphatic carbocycles. The molecule has 1 aliphatic rings. The number of rotatable bonds is 36. The summed E-state index contributed by atoms with van der Waals surface area (Å²) in [6, 6.07) is -14.2. The van der Waals surface area contributed by atoms with Crippen LogP contribution < -0.4 is 81.0 Å². The lowest BCUT2D eigenvalue weighted by atomic mass is 10.00. The van der Waals surface area contributed by atoms with Gasteiger partial charge in [-0.05, 0) is 82.4 Å². The van der Waals surface area contributed by atoms with Crippen LogP contribution in [0.25, 0.3) is 10.9 Å². The Labute approximate surface area is 649 Å². The van der Waals surface area contributed by atoms with E-state index in [1.807, 2.05) is 5.32 Å². The lowest BCUT2D eigenvalue weighted by Crippen LogP contribution is -2.61. The van der Waals surface area contributed by atoms with E-state index in [1.165, 1.54) is 13.8 Å². The van der Waals surface area contributed by atoms with Crippen LogP contribution in [0.3, 0.4) is 0 Å². The van der Waals surface area contributed by atoms with Crippen LogP contribution in [0.15, 0.2) is 30.5 Å². The summed E-state index contributed by atoms with van der Waals surface area (Å²) in [6.07, 6.45) is -3.33. The maximum atomic E-state index is 14.9. The fraction of sp³-hybridized carbons (Fsp3) is 0.606. The molecular formula is C71H107N17O25. The number of aromatic nitrogens is 1. The Balaban J connectivity index is 2.21. The third-order valence-electron chi connectivity index (χ3n) is 18.1. The van der Waals surface area contributed by atoms with E-state index < -0.39 is 261 Å². The van der Waals surface area contributed by atoms with Crippen LogP contribution in [0.4, 0.5) is 0 Å². The lowest BCUT2D eigenvalue weighted by Gasteiger charge is -2.32. The van der Waals surface area contributed by atoms with E-state index in [1.54, 1.807) is 30.5 Å². The number of carbonyl (C=O) groups is 20. The first-order chi connectivity index (χ1) is 53.1. The first-order valence-corrected chi connectivity index (χ1v) is 36.9. The van der Waals surface area contributed by atoms with E-state index in [-0.39, 0.29) is 38.6 Å². The zero-order valence-electron chi connectivity index (χ0n) is 64.1. The fourth-order valence-corrected chi connectivity index (χ4v) is 11.5. The van der Waals surface area contributed by atoms with Crippen molar-refractivity contribution in [1.82, 2.24) is 73.7 Å². The quantitative estimate of drug-likeness (QED) is 0.0225. The number of primary amides is 2. The molecule has 15 amide bonds. The molecule has 42 nitrogen and oxygen atoms in total. The van der Waals surface area contributed by atoms with Gasteiger partial charge in [-0.25, -0.2) is 4.79 Å². The maximum absolute atomic E-state index is 14.9. The van der Waals surface area contributed by atoms with Crippen LogP contribution in [-0.2, 0) is 107 Å². The SMILES string of the molecule is CCC(C)CCCCCCC(=O)NC(Cc1c[nH]c2ccccc12)C(=O)NC(CCC(=O)O)C(=O)NC(CC(N)=O)C(=O)NC1C(=O)N(C)CC(=O)NC(C)C(=O)NC(CC(=O)O)C(=O)NC(CCCCN)C(=O)NC(CC(=O)O)C(=O)NCC(=O)NC(CC(N)=O)C(=O)NC(CCC(=O)O)C(=O)NC(C(C)C)C(=O)OC1C. The number of cyclic esters (lactones) is 1. The fourth-order valence-electron chi connectivity index (χ4n) is 11.5. The zero-order valence-corrected chi connectivity index (χ0v) is 64.1. The number of aromatic amines is 1. The lowest BCUT2D eigenvalue weighted by molar-refractivity contribution is -0.159. The van der Waals surface area contributed by atoms with Gasteiger partial charge in [-0.1, -0.05) is 78.0 Å². The van der Waals surface area contributed by atoms with Gasteiger partial charge >= 0.3 is 29.8 Å². The number of esters is 1. The number of nitrogens with two attached hydrogens (primary N) is 3. The Kier molecular flexibility index (Phi) is 40.5. The largest absolute Gasteiger partial charge is 0.481 e. The number of nitrogens with zero attached hydrogens (tertiary/aromatic N) is 1. The number of hydrogen-bond acceptors (Lipinski definition) is 22. The Morgan fingerprint density at radius 1 is 0.566 bits per heavy atom. The number of carboxylic acids is 4. The highest BCUT2D eigenvalue weighted by atomic mass is 16.5. The van der Waals surface area contributed by atoms with Crippen molar-refractivity contribution in [2.45, 2.75) is 236 Å². The van der Waals surface area contributed by atoms with Crippen LogP contribution in [0, 0.1) is 11.8 Å². The molecule has 0 bridgehead atoms. The standard InChI is InChI=1S/C71H107N17O25/c1-8-36(4)17-11-9-10-12-21-52(91)78-45(27-39-32-75-41-19-14-13-18-40(39)41)66(107)81-43(22-24-55(94)95)64(105)84-47(29-51(74)90)69(110)87-60-38(6)113-71(112)59(35(2)3)86-65(106)44(23-25-56(96)97)82-67(108)46(28-50(73)89)79-53(92)33-76-62(103)48(30-57(98)99)85-63(104)42(20-15-16-26-72)80-68(109)49(31-58(100)101)83-61(102)37(5)77-54(93)34-88(7)70(60)111/h13-14,18-19,32,35-38,42-49,59-60,75H,8-12,15-17,20-31,33-34,72H2,1-7H3,(H2,73,89)(H2,74,90)(H,76,103)(H,77,93)(H,78,91)(H,79,92)(H,80,109)(H,81,107)(H,82,108)(H,83,102)(H,84,105)(H,85,104)(H,86,106)(H,87,110)(H,94,95)(H,96,97)(H,98,99)(H,100,101). The number of ether oxygens (including phenoxy) is 1. The molecule has 13 unspecified atom stereocenters. The molecule has 23 N–H and O–H groups in total. The van der Waals surface area contributed by atoms with Gasteiger partial charge in [0.2, 0.25) is 88.6 Å². The maximum Gasteiger partial charge on any atom is 0.329 e. The van der Waals surface area contributed by atoms with E-state index in [2.05, 4.69) is 77.3 Å². The minimum absolute atomic E-state index is 0.00609. The molecule has 1 aromatic heterocycles. The predicted octanol–water partition coefficient (Wildman–Crippen LogP) is -4.82. The van der Waals surface area contributed by atoms with Gasteiger partial charge in [-0.15, -0.1) is 0 Å². The minimum atomic E-state index is -2.26. The monoisotopic (exact) mass is 1600 g/mol. The molecule has 0 spiro atoms.